The summed E-state index contributed by atoms with van der Waals surface area (Å²) in [4.78, 5) is 11.8. The number of anilines is 2. The zero-order chi connectivity index (χ0) is 44.9. The molecule has 0 aliphatic heterocycles. The van der Waals surface area contributed by atoms with Crippen molar-refractivity contribution in [3.63, 3.8) is 0 Å². The summed E-state index contributed by atoms with van der Waals surface area (Å²) < 4.78 is 90.4. The monoisotopic (exact) mass is 905 g/mol. The first-order valence-corrected chi connectivity index (χ1v) is 20.9. The number of hydrogen-bond acceptors (Lipinski definition) is 16. The van der Waals surface area contributed by atoms with Crippen LogP contribution < -0.4 is 59.6 Å². The maximum absolute atomic E-state index is 12.9. The fraction of sp³-hybridized carbons (Fsp3) is 0.146. The van der Waals surface area contributed by atoms with Gasteiger partial charge in [-0.3, -0.25) is 13.9 Å². The Labute approximate surface area is 383 Å². The maximum atomic E-state index is 12.9. The van der Waals surface area contributed by atoms with Crippen molar-refractivity contribution in [1.82, 2.24) is 0 Å². The molecule has 1 amide bonds. The Kier molecular flexibility index (Phi) is 15.0. The molecule has 0 spiro atoms. The van der Waals surface area contributed by atoms with Gasteiger partial charge in [0.15, 0.2) is 0 Å². The van der Waals surface area contributed by atoms with Gasteiger partial charge in [0.25, 0.3) is 26.1 Å². The number of nitrogens with zero attached hydrogens (tertiary/aromatic N) is 6. The Morgan fingerprint density at radius 3 is 1.54 bits per heavy atom. The van der Waals surface area contributed by atoms with Crippen molar-refractivity contribution in [3.8, 4) is 23.0 Å². The van der Waals surface area contributed by atoms with Crippen molar-refractivity contribution in [2.45, 2.75) is 23.6 Å². The van der Waals surface area contributed by atoms with Gasteiger partial charge in [-0.25, -0.2) is 0 Å². The van der Waals surface area contributed by atoms with Gasteiger partial charge in [-0.2, -0.15) is 27.1 Å². The molecule has 0 aromatic heterocycles. The number of rotatable bonds is 14. The number of amides is 1. The number of fused-ring (bicyclic) bond motifs is 1. The summed E-state index contributed by atoms with van der Waals surface area (Å²) in [5.74, 6) is 0.744. The number of nitrogens with two attached hydrogens (primary N) is 1. The molecule has 22 heteroatoms. The quantitative estimate of drug-likeness (QED) is 0.0370. The number of hydrogen-bond donors (Lipinski definition) is 4. The molecule has 6 aromatic rings. The van der Waals surface area contributed by atoms with E-state index in [2.05, 4.69) is 36.0 Å². The second-order valence-corrected chi connectivity index (χ2v) is 16.1. The molecule has 0 fully saturated rings. The van der Waals surface area contributed by atoms with Crippen molar-refractivity contribution in [3.05, 3.63) is 108 Å². The number of nitrogen functional groups attached to an aromatic ring is 1. The summed E-state index contributed by atoms with van der Waals surface area (Å²) in [6.07, 6.45) is 0. The van der Waals surface area contributed by atoms with Gasteiger partial charge in [0.05, 0.1) is 56.1 Å². The van der Waals surface area contributed by atoms with Crippen molar-refractivity contribution in [2.24, 2.45) is 30.7 Å². The van der Waals surface area contributed by atoms with Gasteiger partial charge in [0.1, 0.15) is 45.0 Å². The van der Waals surface area contributed by atoms with Crippen LogP contribution in [-0.4, -0.2) is 60.3 Å². The summed E-state index contributed by atoms with van der Waals surface area (Å²) in [6.45, 7) is 3.48. The molecular formula is C41H38N8NaO11S2+. The smallest absolute Gasteiger partial charge is 0.494 e. The Balaban J connectivity index is 0.00000748. The van der Waals surface area contributed by atoms with E-state index in [-0.39, 0.29) is 86.2 Å². The zero-order valence-corrected chi connectivity index (χ0v) is 38.4. The summed E-state index contributed by atoms with van der Waals surface area (Å²) in [5.41, 5.74) is 9.52. The van der Waals surface area contributed by atoms with Gasteiger partial charge in [-0.1, -0.05) is 12.1 Å². The molecule has 5 N–H and O–H groups in total. The van der Waals surface area contributed by atoms with Gasteiger partial charge < -0.3 is 30.0 Å². The van der Waals surface area contributed by atoms with E-state index in [0.29, 0.717) is 45.2 Å². The topological polar surface area (TPSA) is 275 Å². The molecule has 0 aliphatic rings. The van der Waals surface area contributed by atoms with E-state index in [1.165, 1.54) is 46.6 Å². The summed E-state index contributed by atoms with van der Waals surface area (Å²) in [7, 11) is -3.79. The van der Waals surface area contributed by atoms with Crippen LogP contribution in [0.2, 0.25) is 0 Å². The van der Waals surface area contributed by atoms with Gasteiger partial charge >= 0.3 is 29.6 Å². The first-order valence-electron chi connectivity index (χ1n) is 18.0. The van der Waals surface area contributed by atoms with E-state index in [0.717, 1.165) is 18.2 Å². The van der Waals surface area contributed by atoms with E-state index in [1.54, 1.807) is 68.4 Å². The molecule has 0 heterocycles. The van der Waals surface area contributed by atoms with Gasteiger partial charge in [-0.05, 0) is 85.0 Å². The second-order valence-electron chi connectivity index (χ2n) is 13.3. The van der Waals surface area contributed by atoms with Crippen LogP contribution in [0.5, 0.6) is 23.0 Å². The Bertz CT molecular complexity index is 3060. The second kappa shape index (κ2) is 19.8. The molecule has 0 unspecified atom stereocenters. The minimum atomic E-state index is -4.78. The first kappa shape index (κ1) is 47.7. The standard InChI is InChI=1S/C41H38N8O11S2.Na/c1-22-14-30(43-41(50)24-10-12-26(42)13-11-24)35(57-3)18-28(22)44-47-32-20-38(60-6)33(21-37(32)59-5)48-46-31-15-23(2)29(19-36(31)58-4)45-49-34-17-27(61(51,52)53)16-25-8-7-9-39(40(25)34)62(54,55)56;/h7-21H,42H2,1-6H3,(H,43,50)(H,51,52,53)(H,54,55,56);/q;+1. The van der Waals surface area contributed by atoms with E-state index in [4.69, 9.17) is 24.7 Å². The molecule has 0 saturated carbocycles. The molecule has 0 saturated heterocycles. The van der Waals surface area contributed by atoms with E-state index in [9.17, 15) is 30.7 Å². The third-order valence-corrected chi connectivity index (χ3v) is 10.9. The number of nitrogens with one attached hydrogen (secondary N) is 1. The van der Waals surface area contributed by atoms with Crippen LogP contribution in [0.4, 0.5) is 45.5 Å². The van der Waals surface area contributed by atoms with Gasteiger partial charge in [-0.15, -0.1) is 20.5 Å². The molecule has 19 nitrogen and oxygen atoms in total. The number of benzene rings is 6. The average molecular weight is 906 g/mol. The molecule has 320 valence electrons. The van der Waals surface area contributed by atoms with Crippen LogP contribution in [0.25, 0.3) is 10.8 Å². The fourth-order valence-corrected chi connectivity index (χ4v) is 7.29. The van der Waals surface area contributed by atoms with E-state index in [1.807, 2.05) is 0 Å². The predicted molar refractivity (Wildman–Crippen MR) is 230 cm³/mol. The van der Waals surface area contributed by atoms with Crippen LogP contribution in [0.15, 0.2) is 131 Å². The fourth-order valence-electron chi connectivity index (χ4n) is 6.02. The van der Waals surface area contributed by atoms with Crippen LogP contribution in [0, 0.1) is 13.8 Å². The minimum absolute atomic E-state index is 0. The number of ether oxygens (including phenoxy) is 4. The molecule has 0 radical (unpaired) electrons. The predicted octanol–water partition coefficient (Wildman–Crippen LogP) is 7.07. The van der Waals surface area contributed by atoms with Crippen molar-refractivity contribution in [2.75, 3.05) is 39.5 Å². The summed E-state index contributed by atoms with van der Waals surface area (Å²) >= 11 is 0. The zero-order valence-electron chi connectivity index (χ0n) is 34.8. The Morgan fingerprint density at radius 2 is 1.03 bits per heavy atom. The molecular weight excluding hydrogens is 868 g/mol. The number of aryl methyl sites for hydroxylation is 2. The molecule has 63 heavy (non-hydrogen) atoms. The van der Waals surface area contributed by atoms with Crippen LogP contribution in [0.3, 0.4) is 0 Å². The molecule has 0 aliphatic carbocycles. The normalized spacial score (nSPS) is 11.9. The Hall–Kier alpha value is -6.33. The molecule has 6 rings (SSSR count). The molecule has 6 aromatic carbocycles. The largest absolute Gasteiger partial charge is 1.00 e. The molecule has 0 atom stereocenters. The van der Waals surface area contributed by atoms with Crippen molar-refractivity contribution < 1.29 is 79.2 Å². The van der Waals surface area contributed by atoms with Crippen LogP contribution >= 0.6 is 0 Å². The third kappa shape index (κ3) is 11.0. The summed E-state index contributed by atoms with van der Waals surface area (Å²) in [5, 5.41) is 28.7. The van der Waals surface area contributed by atoms with Gasteiger partial charge in [0, 0.05) is 40.9 Å². The van der Waals surface area contributed by atoms with E-state index < -0.39 is 30.0 Å². The van der Waals surface area contributed by atoms with Gasteiger partial charge in [0.2, 0.25) is 0 Å². The van der Waals surface area contributed by atoms with Crippen molar-refractivity contribution in [1.29, 1.82) is 0 Å². The number of carbonyl (C=O) groups excluding carboxylic acids is 1. The van der Waals surface area contributed by atoms with E-state index >= 15 is 0 Å². The minimum Gasteiger partial charge on any atom is -0.494 e. The Morgan fingerprint density at radius 1 is 0.571 bits per heavy atom. The SMILES string of the molecule is COc1cc(N=Nc2cc(C)c(N=Nc3cc(S(=O)(=O)O)cc4cccc(S(=O)(=O)O)c34)cc2OC)c(OC)cc1N=Nc1cc(OC)c(NC(=O)c2ccc(N)cc2)cc1C.[Na+]. The number of methoxy groups -OCH3 is 4. The first-order chi connectivity index (χ1) is 29.4. The van der Waals surface area contributed by atoms with Crippen LogP contribution in [-0.2, 0) is 20.2 Å². The number of carbonyl (C=O) groups is 1. The van der Waals surface area contributed by atoms with Crippen molar-refractivity contribution >= 4 is 82.4 Å². The third-order valence-electron chi connectivity index (χ3n) is 9.18. The summed E-state index contributed by atoms with van der Waals surface area (Å²) in [6, 6.07) is 21.8. The van der Waals surface area contributed by atoms with Crippen LogP contribution in [0.1, 0.15) is 21.5 Å². The average Bonchev–Trinajstić information content (AvgIpc) is 3.23. The molecule has 0 bridgehead atoms. The maximum Gasteiger partial charge on any atom is 1.00 e. The number of azo groups is 3.